The highest BCUT2D eigenvalue weighted by atomic mass is 127. The molecule has 18 heavy (non-hydrogen) atoms. The van der Waals surface area contributed by atoms with Gasteiger partial charge in [0.1, 0.15) is 5.82 Å². The van der Waals surface area contributed by atoms with E-state index in [1.54, 1.807) is 12.1 Å². The Morgan fingerprint density at radius 2 is 1.78 bits per heavy atom. The molecule has 0 saturated heterocycles. The van der Waals surface area contributed by atoms with Crippen molar-refractivity contribution in [1.82, 2.24) is 0 Å². The molecule has 2 rings (SSSR count). The molecule has 0 aliphatic heterocycles. The number of benzene rings is 2. The molecular formula is C15H15FIN. The Balaban J connectivity index is 2.18. The molecule has 0 amide bonds. The van der Waals surface area contributed by atoms with Gasteiger partial charge in [0, 0.05) is 15.3 Å². The van der Waals surface area contributed by atoms with Crippen LogP contribution in [-0.2, 0) is 0 Å². The highest BCUT2D eigenvalue weighted by Crippen LogP contribution is 2.23. The predicted octanol–water partition coefficient (Wildman–Crippen LogP) is 4.91. The van der Waals surface area contributed by atoms with Crippen LogP contribution in [0.1, 0.15) is 24.1 Å². The molecule has 2 aromatic carbocycles. The summed E-state index contributed by atoms with van der Waals surface area (Å²) >= 11 is 2.28. The van der Waals surface area contributed by atoms with Crippen molar-refractivity contribution in [1.29, 1.82) is 0 Å². The Morgan fingerprint density at radius 1 is 1.11 bits per heavy atom. The summed E-state index contributed by atoms with van der Waals surface area (Å²) in [6.45, 7) is 4.05. The summed E-state index contributed by atoms with van der Waals surface area (Å²) in [5.74, 6) is -0.210. The van der Waals surface area contributed by atoms with Crippen molar-refractivity contribution in [3.05, 3.63) is 63.0 Å². The molecule has 0 fully saturated rings. The molecule has 1 atom stereocenters. The summed E-state index contributed by atoms with van der Waals surface area (Å²) in [4.78, 5) is 0. The van der Waals surface area contributed by atoms with Crippen LogP contribution in [0.15, 0.2) is 42.5 Å². The van der Waals surface area contributed by atoms with Crippen molar-refractivity contribution in [3.8, 4) is 0 Å². The average Bonchev–Trinajstić information content (AvgIpc) is 2.34. The van der Waals surface area contributed by atoms with Gasteiger partial charge in [-0.3, -0.25) is 0 Å². The van der Waals surface area contributed by atoms with Gasteiger partial charge in [0.25, 0.3) is 0 Å². The molecule has 1 N–H and O–H groups in total. The van der Waals surface area contributed by atoms with E-state index >= 15 is 0 Å². The summed E-state index contributed by atoms with van der Waals surface area (Å²) in [6.07, 6.45) is 0. The second-order valence-corrected chi connectivity index (χ2v) is 5.62. The van der Waals surface area contributed by atoms with Crippen molar-refractivity contribution < 1.29 is 4.39 Å². The largest absolute Gasteiger partial charge is 0.378 e. The molecule has 3 heteroatoms. The van der Waals surface area contributed by atoms with Gasteiger partial charge in [0.2, 0.25) is 0 Å². The minimum Gasteiger partial charge on any atom is -0.378 e. The fourth-order valence-corrected chi connectivity index (χ4v) is 2.18. The van der Waals surface area contributed by atoms with E-state index in [-0.39, 0.29) is 11.9 Å². The average molecular weight is 355 g/mol. The van der Waals surface area contributed by atoms with Gasteiger partial charge < -0.3 is 5.32 Å². The molecule has 1 nitrogen and oxygen atoms in total. The number of hydrogen-bond acceptors (Lipinski definition) is 1. The van der Waals surface area contributed by atoms with E-state index in [1.807, 2.05) is 6.92 Å². The zero-order valence-corrected chi connectivity index (χ0v) is 12.5. The van der Waals surface area contributed by atoms with E-state index in [0.717, 1.165) is 11.3 Å². The fourth-order valence-electron chi connectivity index (χ4n) is 1.82. The second kappa shape index (κ2) is 5.69. The van der Waals surface area contributed by atoms with Gasteiger partial charge in [-0.2, -0.15) is 0 Å². The van der Waals surface area contributed by atoms with Gasteiger partial charge in [-0.1, -0.05) is 18.2 Å². The maximum absolute atomic E-state index is 13.2. The van der Waals surface area contributed by atoms with E-state index in [4.69, 9.17) is 0 Å². The first-order valence-electron chi connectivity index (χ1n) is 5.84. The lowest BCUT2D eigenvalue weighted by atomic mass is 10.1. The number of hydrogen-bond donors (Lipinski definition) is 1. The Bertz CT molecular complexity index is 537. The van der Waals surface area contributed by atoms with E-state index < -0.39 is 0 Å². The number of anilines is 1. The molecule has 0 spiro atoms. The third-order valence-corrected chi connectivity index (χ3v) is 3.66. The first kappa shape index (κ1) is 13.3. The van der Waals surface area contributed by atoms with Gasteiger partial charge in [0.15, 0.2) is 0 Å². The third-order valence-electron chi connectivity index (χ3n) is 2.94. The van der Waals surface area contributed by atoms with Crippen LogP contribution in [0.2, 0.25) is 0 Å². The van der Waals surface area contributed by atoms with Gasteiger partial charge in [-0.05, 0) is 71.8 Å². The summed E-state index contributed by atoms with van der Waals surface area (Å²) in [5, 5.41) is 3.34. The number of aryl methyl sites for hydroxylation is 1. The molecule has 0 heterocycles. The SMILES string of the molecule is Cc1ccc(F)cc1NC(C)c1ccc(I)cc1. The molecule has 0 aliphatic carbocycles. The molecular weight excluding hydrogens is 340 g/mol. The zero-order chi connectivity index (χ0) is 13.1. The van der Waals surface area contributed by atoms with Crippen molar-refractivity contribution in [2.45, 2.75) is 19.9 Å². The van der Waals surface area contributed by atoms with Gasteiger partial charge >= 0.3 is 0 Å². The quantitative estimate of drug-likeness (QED) is 0.772. The van der Waals surface area contributed by atoms with Crippen LogP contribution in [0, 0.1) is 16.3 Å². The zero-order valence-electron chi connectivity index (χ0n) is 10.4. The first-order valence-corrected chi connectivity index (χ1v) is 6.92. The van der Waals surface area contributed by atoms with E-state index in [2.05, 4.69) is 59.1 Å². The maximum atomic E-state index is 13.2. The molecule has 0 radical (unpaired) electrons. The second-order valence-electron chi connectivity index (χ2n) is 4.38. The molecule has 94 valence electrons. The van der Waals surface area contributed by atoms with Crippen LogP contribution in [0.4, 0.5) is 10.1 Å². The fraction of sp³-hybridized carbons (Fsp3) is 0.200. The van der Waals surface area contributed by atoms with Gasteiger partial charge in [0.05, 0.1) is 0 Å². The third kappa shape index (κ3) is 3.22. The monoisotopic (exact) mass is 355 g/mol. The Labute approximate surface area is 121 Å². The summed E-state index contributed by atoms with van der Waals surface area (Å²) in [6, 6.07) is 13.3. The number of halogens is 2. The maximum Gasteiger partial charge on any atom is 0.125 e. The molecule has 0 aromatic heterocycles. The van der Waals surface area contributed by atoms with Crippen LogP contribution < -0.4 is 5.32 Å². The Morgan fingerprint density at radius 3 is 2.44 bits per heavy atom. The first-order chi connectivity index (χ1) is 8.56. The molecule has 0 saturated carbocycles. The lowest BCUT2D eigenvalue weighted by Gasteiger charge is -2.17. The van der Waals surface area contributed by atoms with E-state index in [0.29, 0.717) is 0 Å². The lowest BCUT2D eigenvalue weighted by molar-refractivity contribution is 0.627. The summed E-state index contributed by atoms with van der Waals surface area (Å²) < 4.78 is 14.4. The molecule has 1 unspecified atom stereocenters. The van der Waals surface area contributed by atoms with Crippen molar-refractivity contribution in [3.63, 3.8) is 0 Å². The lowest BCUT2D eigenvalue weighted by Crippen LogP contribution is -2.07. The van der Waals surface area contributed by atoms with Crippen LogP contribution in [-0.4, -0.2) is 0 Å². The standard InChI is InChI=1S/C15H15FIN/c1-10-3-6-13(16)9-15(10)18-11(2)12-4-7-14(17)8-5-12/h3-9,11,18H,1-2H3. The van der Waals surface area contributed by atoms with Crippen molar-refractivity contribution >= 4 is 28.3 Å². The Hall–Kier alpha value is -1.10. The van der Waals surface area contributed by atoms with E-state index in [1.165, 1.54) is 15.2 Å². The number of rotatable bonds is 3. The minimum atomic E-state index is -0.210. The van der Waals surface area contributed by atoms with Crippen LogP contribution in [0.5, 0.6) is 0 Å². The van der Waals surface area contributed by atoms with E-state index in [9.17, 15) is 4.39 Å². The van der Waals surface area contributed by atoms with Crippen molar-refractivity contribution in [2.24, 2.45) is 0 Å². The molecule has 2 aromatic rings. The van der Waals surface area contributed by atoms with Crippen LogP contribution >= 0.6 is 22.6 Å². The van der Waals surface area contributed by atoms with Gasteiger partial charge in [-0.15, -0.1) is 0 Å². The summed E-state index contributed by atoms with van der Waals surface area (Å²) in [7, 11) is 0. The molecule has 0 bridgehead atoms. The predicted molar refractivity (Wildman–Crippen MR) is 82.3 cm³/mol. The van der Waals surface area contributed by atoms with Crippen LogP contribution in [0.3, 0.4) is 0 Å². The molecule has 0 aliphatic rings. The summed E-state index contributed by atoms with van der Waals surface area (Å²) in [5.41, 5.74) is 3.09. The van der Waals surface area contributed by atoms with Gasteiger partial charge in [-0.25, -0.2) is 4.39 Å². The normalized spacial score (nSPS) is 12.2. The van der Waals surface area contributed by atoms with Crippen molar-refractivity contribution in [2.75, 3.05) is 5.32 Å². The highest BCUT2D eigenvalue weighted by Gasteiger charge is 2.07. The topological polar surface area (TPSA) is 12.0 Å². The van der Waals surface area contributed by atoms with Crippen LogP contribution in [0.25, 0.3) is 0 Å². The smallest absolute Gasteiger partial charge is 0.125 e. The highest BCUT2D eigenvalue weighted by molar-refractivity contribution is 14.1. The number of nitrogens with one attached hydrogen (secondary N) is 1. The minimum absolute atomic E-state index is 0.155. The Kier molecular flexibility index (Phi) is 4.22.